The number of likely N-dealkylation sites (tertiary alicyclic amines) is 1. The van der Waals surface area contributed by atoms with Crippen molar-refractivity contribution in [3.63, 3.8) is 0 Å². The van der Waals surface area contributed by atoms with E-state index in [1.54, 1.807) is 14.2 Å². The number of nitrogens with zero attached hydrogens (tertiary/aromatic N) is 1. The Morgan fingerprint density at radius 2 is 1.95 bits per heavy atom. The molecule has 2 aliphatic rings. The lowest BCUT2D eigenvalue weighted by Crippen LogP contribution is -2.46. The van der Waals surface area contributed by atoms with E-state index in [-0.39, 0.29) is 0 Å². The zero-order valence-electron chi connectivity index (χ0n) is 13.1. The quantitative estimate of drug-likeness (QED) is 0.872. The van der Waals surface area contributed by atoms with Crippen LogP contribution >= 0.6 is 0 Å². The number of ether oxygens (including phenoxy) is 2. The normalized spacial score (nSPS) is 23.0. The van der Waals surface area contributed by atoms with E-state index in [1.165, 1.54) is 44.3 Å². The molecule has 2 fully saturated rings. The molecule has 21 heavy (non-hydrogen) atoms. The molecule has 1 atom stereocenters. The number of piperidine rings is 1. The second-order valence-electron chi connectivity index (χ2n) is 6.14. The van der Waals surface area contributed by atoms with Crippen molar-refractivity contribution in [2.75, 3.05) is 27.3 Å². The minimum Gasteiger partial charge on any atom is -0.493 e. The minimum absolute atomic E-state index is 0.618. The Morgan fingerprint density at radius 1 is 1.14 bits per heavy atom. The zero-order valence-corrected chi connectivity index (χ0v) is 13.1. The number of hydrogen-bond acceptors (Lipinski definition) is 4. The van der Waals surface area contributed by atoms with Gasteiger partial charge in [0.2, 0.25) is 0 Å². The Morgan fingerprint density at radius 3 is 2.67 bits per heavy atom. The summed E-state index contributed by atoms with van der Waals surface area (Å²) in [7, 11) is 3.36. The summed E-state index contributed by atoms with van der Waals surface area (Å²) in [6.07, 6.45) is 5.42. The fourth-order valence-electron chi connectivity index (χ4n) is 3.20. The van der Waals surface area contributed by atoms with Gasteiger partial charge in [-0.25, -0.2) is 0 Å². The van der Waals surface area contributed by atoms with Crippen molar-refractivity contribution in [3.05, 3.63) is 23.8 Å². The largest absolute Gasteiger partial charge is 0.493 e. The molecule has 1 aromatic carbocycles. The van der Waals surface area contributed by atoms with E-state index in [2.05, 4.69) is 22.3 Å². The van der Waals surface area contributed by atoms with Crippen LogP contribution in [0.5, 0.6) is 11.5 Å². The van der Waals surface area contributed by atoms with Gasteiger partial charge in [-0.05, 0) is 49.9 Å². The molecule has 1 saturated heterocycles. The first kappa shape index (κ1) is 14.7. The van der Waals surface area contributed by atoms with Crippen molar-refractivity contribution in [2.24, 2.45) is 0 Å². The third-order valence-corrected chi connectivity index (χ3v) is 4.56. The van der Waals surface area contributed by atoms with Gasteiger partial charge in [0.25, 0.3) is 0 Å². The maximum Gasteiger partial charge on any atom is 0.161 e. The summed E-state index contributed by atoms with van der Waals surface area (Å²) >= 11 is 0. The molecule has 3 rings (SSSR count). The van der Waals surface area contributed by atoms with E-state index in [1.807, 2.05) is 6.07 Å². The predicted octanol–water partition coefficient (Wildman–Crippen LogP) is 2.42. The summed E-state index contributed by atoms with van der Waals surface area (Å²) in [6, 6.07) is 7.65. The highest BCUT2D eigenvalue weighted by Crippen LogP contribution is 2.30. The van der Waals surface area contributed by atoms with Crippen LogP contribution in [0.3, 0.4) is 0 Å². The van der Waals surface area contributed by atoms with Gasteiger partial charge in [0, 0.05) is 25.2 Å². The Bertz CT molecular complexity index is 474. The lowest BCUT2D eigenvalue weighted by atomic mass is 10.0. The van der Waals surface area contributed by atoms with E-state index < -0.39 is 0 Å². The molecular weight excluding hydrogens is 264 g/mol. The van der Waals surface area contributed by atoms with Gasteiger partial charge in [0.1, 0.15) is 0 Å². The molecule has 1 heterocycles. The van der Waals surface area contributed by atoms with Crippen molar-refractivity contribution in [1.29, 1.82) is 0 Å². The van der Waals surface area contributed by atoms with Gasteiger partial charge in [-0.2, -0.15) is 0 Å². The Hall–Kier alpha value is -1.26. The summed E-state index contributed by atoms with van der Waals surface area (Å²) < 4.78 is 10.6. The van der Waals surface area contributed by atoms with Gasteiger partial charge < -0.3 is 14.8 Å². The molecule has 1 aliphatic carbocycles. The Balaban J connectivity index is 1.54. The molecule has 0 bridgehead atoms. The molecule has 1 aromatic rings. The van der Waals surface area contributed by atoms with E-state index in [9.17, 15) is 0 Å². The smallest absolute Gasteiger partial charge is 0.161 e. The number of benzene rings is 1. The van der Waals surface area contributed by atoms with Gasteiger partial charge in [-0.15, -0.1) is 0 Å². The summed E-state index contributed by atoms with van der Waals surface area (Å²) in [4.78, 5) is 2.66. The average Bonchev–Trinajstić information content (AvgIpc) is 3.38. The van der Waals surface area contributed by atoms with Gasteiger partial charge >= 0.3 is 0 Å². The summed E-state index contributed by atoms with van der Waals surface area (Å²) in [5.41, 5.74) is 1.25. The standard InChI is InChI=1S/C17H26N2O2/c1-20-16-8-5-13(10-17(16)21-2)11-18-14-4-3-9-19(12-14)15-6-7-15/h5,8,10,14-15,18H,3-4,6-7,9,11-12H2,1-2H3. The number of rotatable bonds is 6. The van der Waals surface area contributed by atoms with Crippen LogP contribution in [-0.2, 0) is 6.54 Å². The highest BCUT2D eigenvalue weighted by atomic mass is 16.5. The molecule has 0 radical (unpaired) electrons. The van der Waals surface area contributed by atoms with Crippen molar-refractivity contribution in [3.8, 4) is 11.5 Å². The summed E-state index contributed by atoms with van der Waals surface area (Å²) in [5, 5.41) is 3.70. The van der Waals surface area contributed by atoms with Crippen LogP contribution in [-0.4, -0.2) is 44.3 Å². The molecule has 0 amide bonds. The molecule has 4 heteroatoms. The van der Waals surface area contributed by atoms with Gasteiger partial charge in [-0.1, -0.05) is 6.07 Å². The van der Waals surface area contributed by atoms with E-state index >= 15 is 0 Å². The second-order valence-corrected chi connectivity index (χ2v) is 6.14. The van der Waals surface area contributed by atoms with Crippen LogP contribution in [0.1, 0.15) is 31.2 Å². The highest BCUT2D eigenvalue weighted by Gasteiger charge is 2.32. The lowest BCUT2D eigenvalue weighted by Gasteiger charge is -2.33. The first-order valence-corrected chi connectivity index (χ1v) is 7.98. The van der Waals surface area contributed by atoms with E-state index in [4.69, 9.17) is 9.47 Å². The molecule has 1 saturated carbocycles. The molecule has 116 valence electrons. The van der Waals surface area contributed by atoms with Crippen molar-refractivity contribution >= 4 is 0 Å². The minimum atomic E-state index is 0.618. The Labute approximate surface area is 127 Å². The SMILES string of the molecule is COc1ccc(CNC2CCCN(C3CC3)C2)cc1OC. The maximum absolute atomic E-state index is 5.36. The third kappa shape index (κ3) is 3.69. The van der Waals surface area contributed by atoms with Crippen LogP contribution in [0.2, 0.25) is 0 Å². The fraction of sp³-hybridized carbons (Fsp3) is 0.647. The van der Waals surface area contributed by atoms with Crippen molar-refractivity contribution in [2.45, 2.75) is 44.3 Å². The first-order valence-electron chi connectivity index (χ1n) is 7.98. The average molecular weight is 290 g/mol. The van der Waals surface area contributed by atoms with E-state index in [0.717, 1.165) is 24.1 Å². The van der Waals surface area contributed by atoms with Gasteiger partial charge in [0.15, 0.2) is 11.5 Å². The van der Waals surface area contributed by atoms with Crippen LogP contribution in [0.25, 0.3) is 0 Å². The predicted molar refractivity (Wildman–Crippen MR) is 84.0 cm³/mol. The molecule has 1 unspecified atom stereocenters. The topological polar surface area (TPSA) is 33.7 Å². The molecular formula is C17H26N2O2. The third-order valence-electron chi connectivity index (χ3n) is 4.56. The Kier molecular flexibility index (Phi) is 4.66. The fourth-order valence-corrected chi connectivity index (χ4v) is 3.20. The van der Waals surface area contributed by atoms with Gasteiger partial charge in [0.05, 0.1) is 14.2 Å². The molecule has 0 aromatic heterocycles. The maximum atomic E-state index is 5.36. The zero-order chi connectivity index (χ0) is 14.7. The molecule has 1 N–H and O–H groups in total. The summed E-state index contributed by atoms with van der Waals surface area (Å²) in [6.45, 7) is 3.39. The van der Waals surface area contributed by atoms with Crippen LogP contribution in [0.15, 0.2) is 18.2 Å². The van der Waals surface area contributed by atoms with Crippen molar-refractivity contribution in [1.82, 2.24) is 10.2 Å². The van der Waals surface area contributed by atoms with Gasteiger partial charge in [-0.3, -0.25) is 4.90 Å². The van der Waals surface area contributed by atoms with Crippen molar-refractivity contribution < 1.29 is 9.47 Å². The summed E-state index contributed by atoms with van der Waals surface area (Å²) in [5.74, 6) is 1.60. The molecule has 1 aliphatic heterocycles. The number of methoxy groups -OCH3 is 2. The monoisotopic (exact) mass is 290 g/mol. The second kappa shape index (κ2) is 6.67. The lowest BCUT2D eigenvalue weighted by molar-refractivity contribution is 0.181. The van der Waals surface area contributed by atoms with E-state index in [0.29, 0.717) is 6.04 Å². The van der Waals surface area contributed by atoms with Crippen LogP contribution in [0, 0.1) is 0 Å². The molecule has 0 spiro atoms. The van der Waals surface area contributed by atoms with Crippen LogP contribution in [0.4, 0.5) is 0 Å². The number of nitrogens with one attached hydrogen (secondary N) is 1. The first-order chi connectivity index (χ1) is 10.3. The van der Waals surface area contributed by atoms with Crippen LogP contribution < -0.4 is 14.8 Å². The number of hydrogen-bond donors (Lipinski definition) is 1. The molecule has 4 nitrogen and oxygen atoms in total. The highest BCUT2D eigenvalue weighted by molar-refractivity contribution is 5.42.